The summed E-state index contributed by atoms with van der Waals surface area (Å²) in [5.41, 5.74) is 0.868. The highest BCUT2D eigenvalue weighted by molar-refractivity contribution is 7.89. The second-order valence-corrected chi connectivity index (χ2v) is 8.38. The summed E-state index contributed by atoms with van der Waals surface area (Å²) in [7, 11) is -2.44. The molecule has 0 aliphatic carbocycles. The molecule has 0 saturated carbocycles. The van der Waals surface area contributed by atoms with Crippen LogP contribution in [0, 0.1) is 5.92 Å². The third-order valence-corrected chi connectivity index (χ3v) is 5.64. The first-order chi connectivity index (χ1) is 13.3. The van der Waals surface area contributed by atoms with E-state index in [9.17, 15) is 18.0 Å². The lowest BCUT2D eigenvalue weighted by molar-refractivity contribution is -0.144. The van der Waals surface area contributed by atoms with E-state index in [0.29, 0.717) is 6.54 Å². The lowest BCUT2D eigenvalue weighted by Gasteiger charge is -2.32. The number of hydrogen-bond donors (Lipinski definition) is 1. The first kappa shape index (κ1) is 22.1. The van der Waals surface area contributed by atoms with Crippen molar-refractivity contribution < 1.29 is 32.2 Å². The number of methoxy groups -OCH3 is 1. The van der Waals surface area contributed by atoms with Gasteiger partial charge in [-0.15, -0.1) is 0 Å². The van der Waals surface area contributed by atoms with E-state index in [2.05, 4.69) is 9.46 Å². The number of amides is 1. The summed E-state index contributed by atoms with van der Waals surface area (Å²) < 4.78 is 42.1. The minimum absolute atomic E-state index is 0.0649. The summed E-state index contributed by atoms with van der Waals surface area (Å²) in [6, 6.07) is 9.28. The Kier molecular flexibility index (Phi) is 8.21. The molecule has 1 heterocycles. The standard InChI is InChI=1S/C18H26N2O7S/c1-14(17(21)25-2)10-19-28(23,24)13-16-11-20(8-9-26-16)18(22)27-12-15-6-4-3-5-7-15/h3-7,14,16,19H,8-13H2,1-2H3/t14-,16-/m1/s1. The number of esters is 1. The molecular weight excluding hydrogens is 388 g/mol. The third-order valence-electron chi connectivity index (χ3n) is 4.22. The molecular formula is C18H26N2O7S. The van der Waals surface area contributed by atoms with Crippen LogP contribution in [0.1, 0.15) is 12.5 Å². The number of nitrogens with one attached hydrogen (secondary N) is 1. The lowest BCUT2D eigenvalue weighted by Crippen LogP contribution is -2.49. The molecule has 1 fully saturated rings. The summed E-state index contributed by atoms with van der Waals surface area (Å²) in [6.45, 7) is 2.31. The van der Waals surface area contributed by atoms with Gasteiger partial charge in [-0.3, -0.25) is 4.79 Å². The second-order valence-electron chi connectivity index (χ2n) is 6.53. The number of benzene rings is 1. The molecule has 1 N–H and O–H groups in total. The Labute approximate surface area is 165 Å². The number of carbonyl (C=O) groups excluding carboxylic acids is 2. The summed E-state index contributed by atoms with van der Waals surface area (Å²) in [5.74, 6) is -1.41. The fourth-order valence-electron chi connectivity index (χ4n) is 2.64. The smallest absolute Gasteiger partial charge is 0.410 e. The highest BCUT2D eigenvalue weighted by Crippen LogP contribution is 2.11. The van der Waals surface area contributed by atoms with E-state index in [1.165, 1.54) is 12.0 Å². The van der Waals surface area contributed by atoms with Gasteiger partial charge in [0.25, 0.3) is 0 Å². The third kappa shape index (κ3) is 7.10. The fraction of sp³-hybridized carbons (Fsp3) is 0.556. The van der Waals surface area contributed by atoms with Crippen molar-refractivity contribution in [3.8, 4) is 0 Å². The van der Waals surface area contributed by atoms with Crippen LogP contribution in [0.2, 0.25) is 0 Å². The van der Waals surface area contributed by atoms with Gasteiger partial charge < -0.3 is 19.1 Å². The van der Waals surface area contributed by atoms with Gasteiger partial charge in [-0.2, -0.15) is 0 Å². The quantitative estimate of drug-likeness (QED) is 0.625. The van der Waals surface area contributed by atoms with E-state index < -0.39 is 34.1 Å². The van der Waals surface area contributed by atoms with Crippen LogP contribution in [0.4, 0.5) is 4.79 Å². The van der Waals surface area contributed by atoms with Crippen LogP contribution in [0.25, 0.3) is 0 Å². The number of morpholine rings is 1. The molecule has 0 unspecified atom stereocenters. The van der Waals surface area contributed by atoms with Gasteiger partial charge in [0.1, 0.15) is 6.61 Å². The van der Waals surface area contributed by atoms with Crippen LogP contribution in [0.3, 0.4) is 0 Å². The van der Waals surface area contributed by atoms with E-state index in [0.717, 1.165) is 5.56 Å². The number of carbonyl (C=O) groups is 2. The Morgan fingerprint density at radius 2 is 2.04 bits per heavy atom. The van der Waals surface area contributed by atoms with E-state index in [1.807, 2.05) is 30.3 Å². The molecule has 2 rings (SSSR count). The monoisotopic (exact) mass is 414 g/mol. The molecule has 1 aromatic rings. The molecule has 1 amide bonds. The van der Waals surface area contributed by atoms with Crippen LogP contribution in [0.15, 0.2) is 30.3 Å². The number of ether oxygens (including phenoxy) is 3. The molecule has 2 atom stereocenters. The van der Waals surface area contributed by atoms with Crippen molar-refractivity contribution >= 4 is 22.1 Å². The molecule has 0 spiro atoms. The summed E-state index contributed by atoms with van der Waals surface area (Å²) >= 11 is 0. The van der Waals surface area contributed by atoms with Gasteiger partial charge in [-0.05, 0) is 5.56 Å². The lowest BCUT2D eigenvalue weighted by atomic mass is 10.2. The maximum atomic E-state index is 12.2. The van der Waals surface area contributed by atoms with Gasteiger partial charge in [0.15, 0.2) is 0 Å². The molecule has 156 valence electrons. The summed E-state index contributed by atoms with van der Waals surface area (Å²) in [6.07, 6.45) is -1.19. The molecule has 1 aliphatic rings. The first-order valence-electron chi connectivity index (χ1n) is 8.93. The largest absolute Gasteiger partial charge is 0.469 e. The average Bonchev–Trinajstić information content (AvgIpc) is 2.70. The highest BCUT2D eigenvalue weighted by Gasteiger charge is 2.29. The van der Waals surface area contributed by atoms with Gasteiger partial charge in [0.05, 0.1) is 38.0 Å². The molecule has 1 aromatic carbocycles. The van der Waals surface area contributed by atoms with Crippen LogP contribution >= 0.6 is 0 Å². The molecule has 0 aromatic heterocycles. The van der Waals surface area contributed by atoms with E-state index in [4.69, 9.17) is 9.47 Å². The van der Waals surface area contributed by atoms with Crippen molar-refractivity contribution in [2.45, 2.75) is 19.6 Å². The van der Waals surface area contributed by atoms with Gasteiger partial charge >= 0.3 is 12.1 Å². The molecule has 10 heteroatoms. The molecule has 0 bridgehead atoms. The predicted molar refractivity (Wildman–Crippen MR) is 101 cm³/mol. The summed E-state index contributed by atoms with van der Waals surface area (Å²) in [5, 5.41) is 0. The van der Waals surface area contributed by atoms with Crippen molar-refractivity contribution in [2.24, 2.45) is 5.92 Å². The van der Waals surface area contributed by atoms with Gasteiger partial charge in [0, 0.05) is 13.1 Å². The zero-order valence-electron chi connectivity index (χ0n) is 16.0. The fourth-order valence-corrected chi connectivity index (χ4v) is 3.95. The van der Waals surface area contributed by atoms with Crippen LogP contribution in [-0.4, -0.2) is 70.6 Å². The maximum absolute atomic E-state index is 12.2. The SMILES string of the molecule is COC(=O)[C@H](C)CNS(=O)(=O)C[C@H]1CN(C(=O)OCc2ccccc2)CCO1. The Hall–Kier alpha value is -2.17. The average molecular weight is 414 g/mol. The molecule has 9 nitrogen and oxygen atoms in total. The van der Waals surface area contributed by atoms with Crippen molar-refractivity contribution in [2.75, 3.05) is 39.1 Å². The van der Waals surface area contributed by atoms with E-state index >= 15 is 0 Å². The van der Waals surface area contributed by atoms with E-state index in [-0.39, 0.29) is 32.1 Å². The first-order valence-corrected chi connectivity index (χ1v) is 10.6. The van der Waals surface area contributed by atoms with Crippen molar-refractivity contribution in [1.82, 2.24) is 9.62 Å². The number of sulfonamides is 1. The zero-order valence-corrected chi connectivity index (χ0v) is 16.8. The van der Waals surface area contributed by atoms with Gasteiger partial charge in [-0.1, -0.05) is 37.3 Å². The van der Waals surface area contributed by atoms with Crippen LogP contribution in [-0.2, 0) is 35.6 Å². The Morgan fingerprint density at radius 1 is 1.32 bits per heavy atom. The Bertz CT molecular complexity index is 754. The van der Waals surface area contributed by atoms with Gasteiger partial charge in [0.2, 0.25) is 10.0 Å². The predicted octanol–water partition coefficient (Wildman–Crippen LogP) is 0.753. The minimum atomic E-state index is -3.68. The van der Waals surface area contributed by atoms with Crippen LogP contribution < -0.4 is 4.72 Å². The molecule has 28 heavy (non-hydrogen) atoms. The zero-order chi connectivity index (χ0) is 20.6. The molecule has 1 saturated heterocycles. The van der Waals surface area contributed by atoms with Crippen molar-refractivity contribution in [3.63, 3.8) is 0 Å². The van der Waals surface area contributed by atoms with Crippen molar-refractivity contribution in [3.05, 3.63) is 35.9 Å². The topological polar surface area (TPSA) is 111 Å². The maximum Gasteiger partial charge on any atom is 0.410 e. The number of nitrogens with zero attached hydrogens (tertiary/aromatic N) is 1. The highest BCUT2D eigenvalue weighted by atomic mass is 32.2. The summed E-state index contributed by atoms with van der Waals surface area (Å²) in [4.78, 5) is 25.0. The Balaban J connectivity index is 1.81. The normalized spacial score (nSPS) is 18.4. The van der Waals surface area contributed by atoms with Gasteiger partial charge in [-0.25, -0.2) is 17.9 Å². The van der Waals surface area contributed by atoms with Crippen LogP contribution in [0.5, 0.6) is 0 Å². The molecule has 0 radical (unpaired) electrons. The number of rotatable bonds is 8. The van der Waals surface area contributed by atoms with Crippen molar-refractivity contribution in [1.29, 1.82) is 0 Å². The minimum Gasteiger partial charge on any atom is -0.469 e. The molecule has 1 aliphatic heterocycles. The number of hydrogen-bond acceptors (Lipinski definition) is 7. The second kappa shape index (κ2) is 10.4. The Morgan fingerprint density at radius 3 is 2.71 bits per heavy atom. The van der Waals surface area contributed by atoms with E-state index in [1.54, 1.807) is 6.92 Å².